The van der Waals surface area contributed by atoms with E-state index in [1.165, 1.54) is 0 Å². The molecule has 0 radical (unpaired) electrons. The fraction of sp³-hybridized carbons (Fsp3) is 0.625. The third kappa shape index (κ3) is 2.70. The number of cyclic esters (lactones) is 1. The van der Waals surface area contributed by atoms with Crippen molar-refractivity contribution in [2.24, 2.45) is 5.41 Å². The van der Waals surface area contributed by atoms with Crippen LogP contribution in [0.15, 0.2) is 23.3 Å². The maximum atomic E-state index is 11.9. The van der Waals surface area contributed by atoms with Gasteiger partial charge < -0.3 is 9.84 Å². The highest BCUT2D eigenvalue weighted by molar-refractivity contribution is 5.97. The summed E-state index contributed by atoms with van der Waals surface area (Å²) in [6.07, 6.45) is 5.92. The molecule has 1 N–H and O–H groups in total. The molecule has 2 aliphatic rings. The van der Waals surface area contributed by atoms with Gasteiger partial charge in [-0.05, 0) is 37.5 Å². The number of hydrogen-bond acceptors (Lipinski definition) is 4. The zero-order valence-corrected chi connectivity index (χ0v) is 12.4. The fourth-order valence-corrected chi connectivity index (χ4v) is 2.89. The Morgan fingerprint density at radius 2 is 1.95 bits per heavy atom. The minimum absolute atomic E-state index is 0.00773. The number of aliphatic hydroxyl groups is 1. The van der Waals surface area contributed by atoms with Gasteiger partial charge in [0.25, 0.3) is 0 Å². The molecule has 1 aliphatic carbocycles. The lowest BCUT2D eigenvalue weighted by atomic mass is 9.71. The summed E-state index contributed by atoms with van der Waals surface area (Å²) >= 11 is 0. The van der Waals surface area contributed by atoms with Crippen LogP contribution in [0.1, 0.15) is 46.5 Å². The van der Waals surface area contributed by atoms with Crippen molar-refractivity contribution in [3.05, 3.63) is 23.3 Å². The van der Waals surface area contributed by atoms with Gasteiger partial charge in [-0.2, -0.15) is 0 Å². The third-order valence-corrected chi connectivity index (χ3v) is 4.50. The second kappa shape index (κ2) is 5.17. The molecular weight excluding hydrogens is 256 g/mol. The Hall–Kier alpha value is -1.42. The molecule has 2 atom stereocenters. The molecule has 4 heteroatoms. The predicted octanol–water partition coefficient (Wildman–Crippen LogP) is 2.32. The molecule has 0 bridgehead atoms. The van der Waals surface area contributed by atoms with Crippen LogP contribution >= 0.6 is 0 Å². The van der Waals surface area contributed by atoms with Gasteiger partial charge in [0.05, 0.1) is 6.61 Å². The number of esters is 1. The van der Waals surface area contributed by atoms with E-state index in [4.69, 9.17) is 4.74 Å². The van der Waals surface area contributed by atoms with Gasteiger partial charge in [0.2, 0.25) is 0 Å². The first-order chi connectivity index (χ1) is 9.30. The van der Waals surface area contributed by atoms with E-state index in [1.54, 1.807) is 6.92 Å². The van der Waals surface area contributed by atoms with Crippen molar-refractivity contribution in [2.75, 3.05) is 6.61 Å². The van der Waals surface area contributed by atoms with Crippen molar-refractivity contribution in [2.45, 2.75) is 52.1 Å². The van der Waals surface area contributed by atoms with E-state index in [-0.39, 0.29) is 18.4 Å². The summed E-state index contributed by atoms with van der Waals surface area (Å²) in [6.45, 7) is 5.64. The van der Waals surface area contributed by atoms with Crippen LogP contribution in [0.3, 0.4) is 0 Å². The summed E-state index contributed by atoms with van der Waals surface area (Å²) in [5, 5.41) is 9.66. The monoisotopic (exact) mass is 278 g/mol. The van der Waals surface area contributed by atoms with Crippen LogP contribution in [-0.2, 0) is 14.3 Å². The minimum atomic E-state index is -0.596. The Morgan fingerprint density at radius 3 is 2.50 bits per heavy atom. The fourth-order valence-electron chi connectivity index (χ4n) is 2.89. The SMILES string of the molecule is CC1=C(/C=C/[C@]2(C)CCC(=O)O2)[C@](C)(CO)CCC1=O. The van der Waals surface area contributed by atoms with Crippen molar-refractivity contribution < 1.29 is 19.4 Å². The number of carbonyl (C=O) groups excluding carboxylic acids is 2. The highest BCUT2D eigenvalue weighted by Gasteiger charge is 2.37. The van der Waals surface area contributed by atoms with E-state index in [2.05, 4.69) is 0 Å². The van der Waals surface area contributed by atoms with Crippen LogP contribution in [-0.4, -0.2) is 29.1 Å². The normalized spacial score (nSPS) is 35.0. The van der Waals surface area contributed by atoms with E-state index in [1.807, 2.05) is 26.0 Å². The first-order valence-electron chi connectivity index (χ1n) is 7.06. The molecule has 1 saturated heterocycles. The first kappa shape index (κ1) is 15.0. The van der Waals surface area contributed by atoms with E-state index >= 15 is 0 Å². The molecular formula is C16H22O4. The van der Waals surface area contributed by atoms with E-state index in [0.717, 1.165) is 5.57 Å². The molecule has 20 heavy (non-hydrogen) atoms. The highest BCUT2D eigenvalue weighted by atomic mass is 16.6. The smallest absolute Gasteiger partial charge is 0.306 e. The quantitative estimate of drug-likeness (QED) is 0.805. The Balaban J connectivity index is 2.31. The highest BCUT2D eigenvalue weighted by Crippen LogP contribution is 2.40. The number of carbonyl (C=O) groups is 2. The number of ether oxygens (including phenoxy) is 1. The van der Waals surface area contributed by atoms with Crippen molar-refractivity contribution in [3.8, 4) is 0 Å². The zero-order chi connectivity index (χ0) is 15.0. The van der Waals surface area contributed by atoms with Gasteiger partial charge >= 0.3 is 5.97 Å². The number of rotatable bonds is 3. The van der Waals surface area contributed by atoms with Crippen molar-refractivity contribution in [1.29, 1.82) is 0 Å². The van der Waals surface area contributed by atoms with E-state index < -0.39 is 11.0 Å². The van der Waals surface area contributed by atoms with Gasteiger partial charge in [-0.3, -0.25) is 9.59 Å². The summed E-state index contributed by atoms with van der Waals surface area (Å²) in [7, 11) is 0. The van der Waals surface area contributed by atoms with Crippen LogP contribution in [0.4, 0.5) is 0 Å². The molecule has 2 rings (SSSR count). The van der Waals surface area contributed by atoms with Gasteiger partial charge in [-0.25, -0.2) is 0 Å². The van der Waals surface area contributed by atoms with Gasteiger partial charge in [0.15, 0.2) is 5.78 Å². The number of aliphatic hydroxyl groups excluding tert-OH is 1. The molecule has 0 spiro atoms. The van der Waals surface area contributed by atoms with Crippen molar-refractivity contribution >= 4 is 11.8 Å². The average molecular weight is 278 g/mol. The molecule has 1 aliphatic heterocycles. The maximum Gasteiger partial charge on any atom is 0.306 e. The maximum absolute atomic E-state index is 11.9. The van der Waals surface area contributed by atoms with Crippen molar-refractivity contribution in [1.82, 2.24) is 0 Å². The van der Waals surface area contributed by atoms with Gasteiger partial charge in [0.1, 0.15) is 5.60 Å². The Bertz CT molecular complexity index is 503. The Morgan fingerprint density at radius 1 is 1.25 bits per heavy atom. The van der Waals surface area contributed by atoms with Gasteiger partial charge in [-0.1, -0.05) is 13.0 Å². The average Bonchev–Trinajstić information content (AvgIpc) is 2.74. The molecule has 0 aromatic heterocycles. The summed E-state index contributed by atoms with van der Waals surface area (Å²) < 4.78 is 5.31. The molecule has 110 valence electrons. The zero-order valence-electron chi connectivity index (χ0n) is 12.4. The van der Waals surface area contributed by atoms with Gasteiger partial charge in [-0.15, -0.1) is 0 Å². The lowest BCUT2D eigenvalue weighted by molar-refractivity contribution is -0.144. The second-order valence-corrected chi connectivity index (χ2v) is 6.30. The molecule has 1 heterocycles. The molecule has 1 fully saturated rings. The van der Waals surface area contributed by atoms with E-state index in [9.17, 15) is 14.7 Å². The van der Waals surface area contributed by atoms with Crippen LogP contribution in [0.5, 0.6) is 0 Å². The molecule has 0 aromatic carbocycles. The lowest BCUT2D eigenvalue weighted by Gasteiger charge is -2.34. The van der Waals surface area contributed by atoms with Gasteiger partial charge in [0, 0.05) is 24.7 Å². The summed E-state index contributed by atoms with van der Waals surface area (Å²) in [4.78, 5) is 23.1. The first-order valence-corrected chi connectivity index (χ1v) is 7.06. The Labute approximate surface area is 119 Å². The molecule has 4 nitrogen and oxygen atoms in total. The van der Waals surface area contributed by atoms with Crippen LogP contribution in [0.2, 0.25) is 0 Å². The summed E-state index contributed by atoms with van der Waals surface area (Å²) in [5.74, 6) is -0.0587. The largest absolute Gasteiger partial charge is 0.455 e. The molecule has 0 saturated carbocycles. The minimum Gasteiger partial charge on any atom is -0.455 e. The molecule has 0 unspecified atom stereocenters. The standard InChI is InChI=1S/C16H22O4/c1-11-12(15(2,10-17)7-5-13(11)18)4-8-16(3)9-6-14(19)20-16/h4,8,17H,5-7,9-10H2,1-3H3/b8-4+/t15-,16+/m0/s1. The van der Waals surface area contributed by atoms with Crippen LogP contribution in [0, 0.1) is 5.41 Å². The third-order valence-electron chi connectivity index (χ3n) is 4.50. The molecule has 0 amide bonds. The van der Waals surface area contributed by atoms with E-state index in [0.29, 0.717) is 31.3 Å². The molecule has 0 aromatic rings. The topological polar surface area (TPSA) is 63.6 Å². The summed E-state index contributed by atoms with van der Waals surface area (Å²) in [5.41, 5.74) is 0.576. The van der Waals surface area contributed by atoms with Crippen LogP contribution < -0.4 is 0 Å². The summed E-state index contributed by atoms with van der Waals surface area (Å²) in [6, 6.07) is 0. The number of Topliss-reactive ketones (excluding diaryl/α,β-unsaturated/α-hetero) is 1. The van der Waals surface area contributed by atoms with Crippen LogP contribution in [0.25, 0.3) is 0 Å². The predicted molar refractivity (Wildman–Crippen MR) is 75.0 cm³/mol. The second-order valence-electron chi connectivity index (χ2n) is 6.30. The number of hydrogen-bond donors (Lipinski definition) is 1. The lowest BCUT2D eigenvalue weighted by Crippen LogP contribution is -2.31. The number of allylic oxidation sites excluding steroid dienone is 2. The van der Waals surface area contributed by atoms with Crippen molar-refractivity contribution in [3.63, 3.8) is 0 Å². The number of ketones is 1. The Kier molecular flexibility index (Phi) is 3.87.